The lowest BCUT2D eigenvalue weighted by atomic mass is 9.77. The highest BCUT2D eigenvalue weighted by atomic mass is 79.9. The van der Waals surface area contributed by atoms with Gasteiger partial charge in [0.1, 0.15) is 11.9 Å². The van der Waals surface area contributed by atoms with E-state index in [1.807, 2.05) is 35.0 Å². The number of rotatable bonds is 6. The normalized spacial score (nSPS) is 11.8. The highest BCUT2D eigenvalue weighted by Gasteiger charge is 2.40. The Morgan fingerprint density at radius 2 is 1.21 bits per heavy atom. The number of hydrogen-bond donors (Lipinski definition) is 0. The first-order valence-electron chi connectivity index (χ1n) is 9.17. The lowest BCUT2D eigenvalue weighted by Gasteiger charge is -2.36. The van der Waals surface area contributed by atoms with Crippen LogP contribution in [-0.4, -0.2) is 20.1 Å². The van der Waals surface area contributed by atoms with Gasteiger partial charge in [-0.25, -0.2) is 9.67 Å². The molecule has 0 bridgehead atoms. The van der Waals surface area contributed by atoms with Crippen molar-refractivity contribution in [2.24, 2.45) is 0 Å². The smallest absolute Gasteiger partial charge is 0.152 e. The monoisotopic (exact) mass is 429 g/mol. The van der Waals surface area contributed by atoms with Gasteiger partial charge in [0.15, 0.2) is 5.82 Å². The number of aromatic nitrogens is 3. The lowest BCUT2D eigenvalue weighted by Crippen LogP contribution is -2.39. The van der Waals surface area contributed by atoms with E-state index in [0.717, 1.165) is 27.8 Å². The summed E-state index contributed by atoms with van der Waals surface area (Å²) < 4.78 is 2.02. The van der Waals surface area contributed by atoms with Gasteiger partial charge >= 0.3 is 0 Å². The molecule has 1 heterocycles. The fraction of sp³-hybridized carbons (Fsp3) is 0.0833. The predicted octanol–water partition coefficient (Wildman–Crippen LogP) is 5.53. The molecule has 0 fully saturated rings. The molecule has 0 N–H and O–H groups in total. The van der Waals surface area contributed by atoms with Gasteiger partial charge in [-0.05, 0) is 22.8 Å². The van der Waals surface area contributed by atoms with Crippen LogP contribution in [0, 0.1) is 0 Å². The van der Waals surface area contributed by atoms with Crippen molar-refractivity contribution in [2.45, 2.75) is 5.54 Å². The van der Waals surface area contributed by atoms with Gasteiger partial charge in [-0.3, -0.25) is 0 Å². The number of allylic oxidation sites excluding steroid dienone is 1. The number of hydrogen-bond acceptors (Lipinski definition) is 2. The molecule has 0 amide bonds. The number of halogens is 1. The highest BCUT2D eigenvalue weighted by molar-refractivity contribution is 9.09. The van der Waals surface area contributed by atoms with Crippen LogP contribution in [0.25, 0.3) is 6.08 Å². The van der Waals surface area contributed by atoms with E-state index in [9.17, 15) is 0 Å². The summed E-state index contributed by atoms with van der Waals surface area (Å²) in [6, 6.07) is 31.5. The minimum absolute atomic E-state index is 0.633. The molecule has 4 rings (SSSR count). The third kappa shape index (κ3) is 3.20. The zero-order chi connectivity index (χ0) is 19.2. The van der Waals surface area contributed by atoms with Gasteiger partial charge in [0.2, 0.25) is 0 Å². The van der Waals surface area contributed by atoms with Gasteiger partial charge in [-0.2, -0.15) is 5.10 Å². The van der Waals surface area contributed by atoms with Crippen LogP contribution in [0.15, 0.2) is 103 Å². The second-order valence-electron chi connectivity index (χ2n) is 6.40. The molecule has 0 aliphatic heterocycles. The van der Waals surface area contributed by atoms with Crippen molar-refractivity contribution in [3.8, 4) is 0 Å². The zero-order valence-corrected chi connectivity index (χ0v) is 16.9. The molecule has 0 aliphatic carbocycles. The van der Waals surface area contributed by atoms with Gasteiger partial charge in [-0.15, -0.1) is 0 Å². The van der Waals surface area contributed by atoms with E-state index >= 15 is 0 Å². The van der Waals surface area contributed by atoms with E-state index in [4.69, 9.17) is 5.10 Å². The molecule has 0 spiro atoms. The summed E-state index contributed by atoms with van der Waals surface area (Å²) in [5.41, 5.74) is 2.76. The van der Waals surface area contributed by atoms with Crippen molar-refractivity contribution < 1.29 is 0 Å². The molecule has 0 saturated heterocycles. The molecular weight excluding hydrogens is 410 g/mol. The van der Waals surface area contributed by atoms with Crippen molar-refractivity contribution in [3.63, 3.8) is 0 Å². The Morgan fingerprint density at radius 1 is 0.750 bits per heavy atom. The predicted molar refractivity (Wildman–Crippen MR) is 117 cm³/mol. The SMILES string of the molecule is BrC/C=C/c1ncnn1C(c1ccccc1)(c1ccccc1)c1ccccc1. The van der Waals surface area contributed by atoms with Crippen LogP contribution in [0.4, 0.5) is 0 Å². The fourth-order valence-electron chi connectivity index (χ4n) is 3.68. The third-order valence-electron chi connectivity index (χ3n) is 4.82. The van der Waals surface area contributed by atoms with E-state index in [-0.39, 0.29) is 0 Å². The number of alkyl halides is 1. The topological polar surface area (TPSA) is 30.7 Å². The first kappa shape index (κ1) is 18.4. The average Bonchev–Trinajstić information content (AvgIpc) is 3.24. The van der Waals surface area contributed by atoms with Crippen LogP contribution in [0.3, 0.4) is 0 Å². The van der Waals surface area contributed by atoms with Crippen molar-refractivity contribution >= 4 is 22.0 Å². The first-order chi connectivity index (χ1) is 13.9. The Bertz CT molecular complexity index is 944. The van der Waals surface area contributed by atoms with E-state index in [1.54, 1.807) is 6.33 Å². The molecule has 0 aliphatic rings. The summed E-state index contributed by atoms with van der Waals surface area (Å²) in [5.74, 6) is 0.802. The summed E-state index contributed by atoms with van der Waals surface area (Å²) in [5, 5.41) is 5.47. The second-order valence-corrected chi connectivity index (χ2v) is 7.04. The summed E-state index contributed by atoms with van der Waals surface area (Å²) >= 11 is 3.46. The minimum Gasteiger partial charge on any atom is -0.227 e. The van der Waals surface area contributed by atoms with Gasteiger partial charge in [0.05, 0.1) is 0 Å². The summed E-state index contributed by atoms with van der Waals surface area (Å²) in [7, 11) is 0. The minimum atomic E-state index is -0.633. The summed E-state index contributed by atoms with van der Waals surface area (Å²) in [6.45, 7) is 0. The molecule has 4 aromatic rings. The van der Waals surface area contributed by atoms with E-state index in [1.165, 1.54) is 0 Å². The second kappa shape index (κ2) is 8.36. The van der Waals surface area contributed by atoms with Crippen molar-refractivity contribution in [1.82, 2.24) is 14.8 Å². The molecule has 1 aromatic heterocycles. The van der Waals surface area contributed by atoms with Crippen LogP contribution in [0.5, 0.6) is 0 Å². The Morgan fingerprint density at radius 3 is 1.64 bits per heavy atom. The Kier molecular flexibility index (Phi) is 5.49. The van der Waals surface area contributed by atoms with E-state index < -0.39 is 5.54 Å². The molecule has 3 aromatic carbocycles. The summed E-state index contributed by atoms with van der Waals surface area (Å²) in [6.07, 6.45) is 5.66. The van der Waals surface area contributed by atoms with Crippen molar-refractivity contribution in [3.05, 3.63) is 126 Å². The van der Waals surface area contributed by atoms with Gasteiger partial charge in [0.25, 0.3) is 0 Å². The largest absolute Gasteiger partial charge is 0.227 e. The Balaban J connectivity index is 2.11. The molecule has 28 heavy (non-hydrogen) atoms. The van der Waals surface area contributed by atoms with Crippen LogP contribution < -0.4 is 0 Å². The summed E-state index contributed by atoms with van der Waals surface area (Å²) in [4.78, 5) is 4.54. The maximum atomic E-state index is 4.71. The van der Waals surface area contributed by atoms with Crippen LogP contribution in [0.2, 0.25) is 0 Å². The Labute approximate surface area is 173 Å². The lowest BCUT2D eigenvalue weighted by molar-refractivity contribution is 0.455. The maximum absolute atomic E-state index is 4.71. The van der Waals surface area contributed by atoms with Gasteiger partial charge in [0, 0.05) is 5.33 Å². The standard InChI is InChI=1S/C24H20BrN3/c25-18-10-17-23-26-19-27-28(23)24(20-11-4-1-5-12-20,21-13-6-2-7-14-21)22-15-8-3-9-16-22/h1-17,19H,18H2/b17-10+. The number of nitrogens with zero attached hydrogens (tertiary/aromatic N) is 3. The van der Waals surface area contributed by atoms with E-state index in [2.05, 4.69) is 93.7 Å². The molecule has 4 heteroatoms. The molecule has 3 nitrogen and oxygen atoms in total. The van der Waals surface area contributed by atoms with Crippen molar-refractivity contribution in [1.29, 1.82) is 0 Å². The molecule has 0 unspecified atom stereocenters. The molecule has 0 atom stereocenters. The highest BCUT2D eigenvalue weighted by Crippen LogP contribution is 2.40. The number of benzene rings is 3. The maximum Gasteiger partial charge on any atom is 0.152 e. The molecular formula is C24H20BrN3. The quantitative estimate of drug-likeness (QED) is 0.298. The molecule has 138 valence electrons. The van der Waals surface area contributed by atoms with Crippen LogP contribution in [0.1, 0.15) is 22.5 Å². The van der Waals surface area contributed by atoms with Gasteiger partial charge in [-0.1, -0.05) is 113 Å². The average molecular weight is 430 g/mol. The molecule has 0 saturated carbocycles. The van der Waals surface area contributed by atoms with E-state index in [0.29, 0.717) is 0 Å². The molecule has 0 radical (unpaired) electrons. The van der Waals surface area contributed by atoms with Crippen LogP contribution >= 0.6 is 15.9 Å². The Hall–Kier alpha value is -2.98. The van der Waals surface area contributed by atoms with Gasteiger partial charge < -0.3 is 0 Å². The van der Waals surface area contributed by atoms with Crippen LogP contribution in [-0.2, 0) is 5.54 Å². The third-order valence-corrected chi connectivity index (χ3v) is 5.20. The van der Waals surface area contributed by atoms with Crippen molar-refractivity contribution in [2.75, 3.05) is 5.33 Å². The first-order valence-corrected chi connectivity index (χ1v) is 10.3. The zero-order valence-electron chi connectivity index (χ0n) is 15.3. The fourth-order valence-corrected chi connectivity index (χ4v) is 3.86.